The molecule has 0 radical (unpaired) electrons. The van der Waals surface area contributed by atoms with E-state index in [0.29, 0.717) is 22.5 Å². The minimum absolute atomic E-state index is 0.106. The van der Waals surface area contributed by atoms with Crippen molar-refractivity contribution in [1.82, 2.24) is 9.97 Å². The van der Waals surface area contributed by atoms with Crippen molar-refractivity contribution >= 4 is 23.5 Å². The van der Waals surface area contributed by atoms with E-state index in [2.05, 4.69) is 20.5 Å². The highest BCUT2D eigenvalue weighted by atomic mass is 35.5. The molecule has 0 aliphatic carbocycles. The Bertz CT molecular complexity index is 927. The number of methoxy groups -OCH3 is 2. The summed E-state index contributed by atoms with van der Waals surface area (Å²) in [4.78, 5) is 8.33. The third-order valence-corrected chi connectivity index (χ3v) is 3.65. The fourth-order valence-electron chi connectivity index (χ4n) is 2.15. The molecule has 27 heavy (non-hydrogen) atoms. The van der Waals surface area contributed by atoms with Crippen molar-refractivity contribution in [3.8, 4) is 23.5 Å². The van der Waals surface area contributed by atoms with Gasteiger partial charge >= 0.3 is 6.01 Å². The van der Waals surface area contributed by atoms with Crippen molar-refractivity contribution in [3.63, 3.8) is 0 Å². The van der Waals surface area contributed by atoms with Crippen LogP contribution in [0.5, 0.6) is 23.5 Å². The van der Waals surface area contributed by atoms with Crippen LogP contribution in [0, 0.1) is 0 Å². The Morgan fingerprint density at radius 3 is 2.41 bits per heavy atom. The first-order chi connectivity index (χ1) is 13.2. The summed E-state index contributed by atoms with van der Waals surface area (Å²) in [6.45, 7) is 0. The first-order valence-corrected chi connectivity index (χ1v) is 8.34. The second-order valence-corrected chi connectivity index (χ2v) is 5.69. The molecule has 0 amide bonds. The summed E-state index contributed by atoms with van der Waals surface area (Å²) in [7, 11) is 3.02. The number of nitrogens with zero attached hydrogens (tertiary/aromatic N) is 3. The molecular weight excluding hydrogens is 368 g/mol. The Morgan fingerprint density at radius 1 is 0.963 bits per heavy atom. The molecule has 0 saturated heterocycles. The molecule has 0 unspecified atom stereocenters. The fourth-order valence-corrected chi connectivity index (χ4v) is 2.34. The van der Waals surface area contributed by atoms with Crippen LogP contribution in [0.25, 0.3) is 0 Å². The van der Waals surface area contributed by atoms with Crippen LogP contribution in [0.2, 0.25) is 5.02 Å². The standard InChI is InChI=1S/C19H17ClN4O3/c1-25-17-11-18(26-2)23-19(22-17)27-16-9-4-3-6-13(16)12-21-24-15-8-5-7-14(20)10-15/h3-12,24H,1-2H3. The predicted molar refractivity (Wildman–Crippen MR) is 104 cm³/mol. The van der Waals surface area contributed by atoms with Crippen molar-refractivity contribution in [2.75, 3.05) is 19.6 Å². The fraction of sp³-hybridized carbons (Fsp3) is 0.105. The number of nitrogens with one attached hydrogen (secondary N) is 1. The highest BCUT2D eigenvalue weighted by Crippen LogP contribution is 2.25. The van der Waals surface area contributed by atoms with Gasteiger partial charge in [0.1, 0.15) is 5.75 Å². The molecule has 8 heteroatoms. The van der Waals surface area contributed by atoms with E-state index in [1.54, 1.807) is 30.5 Å². The lowest BCUT2D eigenvalue weighted by Crippen LogP contribution is -1.99. The molecule has 0 spiro atoms. The average molecular weight is 385 g/mol. The highest BCUT2D eigenvalue weighted by Gasteiger charge is 2.09. The van der Waals surface area contributed by atoms with E-state index in [1.807, 2.05) is 30.3 Å². The van der Waals surface area contributed by atoms with Crippen LogP contribution >= 0.6 is 11.6 Å². The van der Waals surface area contributed by atoms with Crippen LogP contribution in [0.15, 0.2) is 59.7 Å². The molecule has 1 aromatic heterocycles. The van der Waals surface area contributed by atoms with Crippen molar-refractivity contribution in [1.29, 1.82) is 0 Å². The van der Waals surface area contributed by atoms with Gasteiger partial charge in [0.15, 0.2) is 0 Å². The SMILES string of the molecule is COc1cc(OC)nc(Oc2ccccc2C=NNc2cccc(Cl)c2)n1. The topological polar surface area (TPSA) is 77.9 Å². The van der Waals surface area contributed by atoms with E-state index in [9.17, 15) is 0 Å². The van der Waals surface area contributed by atoms with E-state index in [4.69, 9.17) is 25.8 Å². The summed E-state index contributed by atoms with van der Waals surface area (Å²) in [5.74, 6) is 1.21. The molecule has 0 aliphatic heterocycles. The van der Waals surface area contributed by atoms with Crippen molar-refractivity contribution in [2.24, 2.45) is 5.10 Å². The molecule has 7 nitrogen and oxygen atoms in total. The van der Waals surface area contributed by atoms with Gasteiger partial charge in [0.05, 0.1) is 32.2 Å². The van der Waals surface area contributed by atoms with Gasteiger partial charge in [-0.15, -0.1) is 0 Å². The summed E-state index contributed by atoms with van der Waals surface area (Å²) >= 11 is 5.96. The van der Waals surface area contributed by atoms with Crippen LogP contribution in [0.1, 0.15) is 5.56 Å². The van der Waals surface area contributed by atoms with Crippen LogP contribution in [0.3, 0.4) is 0 Å². The molecule has 1 N–H and O–H groups in total. The smallest absolute Gasteiger partial charge is 0.328 e. The number of hydrogen-bond acceptors (Lipinski definition) is 7. The minimum atomic E-state index is 0.106. The molecular formula is C19H17ClN4O3. The summed E-state index contributed by atoms with van der Waals surface area (Å²) in [6, 6.07) is 16.3. The van der Waals surface area contributed by atoms with Gasteiger partial charge < -0.3 is 14.2 Å². The van der Waals surface area contributed by atoms with E-state index in [-0.39, 0.29) is 6.01 Å². The molecule has 0 atom stereocenters. The van der Waals surface area contributed by atoms with Gasteiger partial charge in [-0.05, 0) is 30.3 Å². The summed E-state index contributed by atoms with van der Waals surface area (Å²) < 4.78 is 16.1. The second kappa shape index (κ2) is 8.86. The number of aromatic nitrogens is 2. The first-order valence-electron chi connectivity index (χ1n) is 7.96. The van der Waals surface area contributed by atoms with Crippen LogP contribution in [-0.2, 0) is 0 Å². The maximum Gasteiger partial charge on any atom is 0.328 e. The Morgan fingerprint density at radius 2 is 1.70 bits per heavy atom. The Kier molecular flexibility index (Phi) is 6.06. The molecule has 2 aromatic carbocycles. The number of ether oxygens (including phenoxy) is 3. The largest absolute Gasteiger partial charge is 0.481 e. The van der Waals surface area contributed by atoms with Gasteiger partial charge in [0, 0.05) is 10.6 Å². The Hall–Kier alpha value is -3.32. The summed E-state index contributed by atoms with van der Waals surface area (Å²) in [5.41, 5.74) is 4.43. The Balaban J connectivity index is 1.79. The van der Waals surface area contributed by atoms with E-state index in [0.717, 1.165) is 11.3 Å². The van der Waals surface area contributed by atoms with Gasteiger partial charge in [-0.3, -0.25) is 5.43 Å². The quantitative estimate of drug-likeness (QED) is 0.481. The molecule has 0 saturated carbocycles. The maximum atomic E-state index is 5.96. The lowest BCUT2D eigenvalue weighted by molar-refractivity contribution is 0.348. The zero-order valence-corrected chi connectivity index (χ0v) is 15.5. The highest BCUT2D eigenvalue weighted by molar-refractivity contribution is 6.30. The lowest BCUT2D eigenvalue weighted by Gasteiger charge is -2.09. The number of hydrazone groups is 1. The number of anilines is 1. The van der Waals surface area contributed by atoms with Crippen molar-refractivity contribution < 1.29 is 14.2 Å². The maximum absolute atomic E-state index is 5.96. The predicted octanol–water partition coefficient (Wildman–Crippen LogP) is 4.39. The Labute approximate surface area is 161 Å². The van der Waals surface area contributed by atoms with Gasteiger partial charge in [-0.2, -0.15) is 15.1 Å². The molecule has 0 fully saturated rings. The normalized spacial score (nSPS) is 10.6. The van der Waals surface area contributed by atoms with Crippen molar-refractivity contribution in [2.45, 2.75) is 0 Å². The zero-order valence-electron chi connectivity index (χ0n) is 14.7. The second-order valence-electron chi connectivity index (χ2n) is 5.26. The van der Waals surface area contributed by atoms with Gasteiger partial charge in [0.25, 0.3) is 0 Å². The average Bonchev–Trinajstić information content (AvgIpc) is 2.69. The van der Waals surface area contributed by atoms with Gasteiger partial charge in [0.2, 0.25) is 11.8 Å². The molecule has 0 bridgehead atoms. The van der Waals surface area contributed by atoms with Crippen LogP contribution in [0.4, 0.5) is 5.69 Å². The minimum Gasteiger partial charge on any atom is -0.481 e. The molecule has 0 aliphatic rings. The number of halogens is 1. The molecule has 3 aromatic rings. The molecule has 1 heterocycles. The third kappa shape index (κ3) is 5.08. The molecule has 3 rings (SSSR count). The summed E-state index contributed by atoms with van der Waals surface area (Å²) in [6.07, 6.45) is 1.63. The lowest BCUT2D eigenvalue weighted by atomic mass is 10.2. The monoisotopic (exact) mass is 384 g/mol. The number of para-hydroxylation sites is 1. The van der Waals surface area contributed by atoms with E-state index < -0.39 is 0 Å². The van der Waals surface area contributed by atoms with Crippen molar-refractivity contribution in [3.05, 3.63) is 65.2 Å². The van der Waals surface area contributed by atoms with Crippen LogP contribution in [-0.4, -0.2) is 30.4 Å². The van der Waals surface area contributed by atoms with Gasteiger partial charge in [-0.25, -0.2) is 0 Å². The number of benzene rings is 2. The van der Waals surface area contributed by atoms with E-state index in [1.165, 1.54) is 14.2 Å². The van der Waals surface area contributed by atoms with E-state index >= 15 is 0 Å². The van der Waals surface area contributed by atoms with Gasteiger partial charge in [-0.1, -0.05) is 29.8 Å². The summed E-state index contributed by atoms with van der Waals surface area (Å²) in [5, 5.41) is 4.85. The zero-order chi connectivity index (χ0) is 19.1. The molecule has 138 valence electrons. The first kappa shape index (κ1) is 18.5. The third-order valence-electron chi connectivity index (χ3n) is 3.42. The number of rotatable bonds is 7. The van der Waals surface area contributed by atoms with Crippen LogP contribution < -0.4 is 19.6 Å². The number of hydrogen-bond donors (Lipinski definition) is 1.